The maximum absolute atomic E-state index is 12.2. The standard InChI is InChI=1S/C8H8F3N/c9-8(10,11)6-4-7-2-1-3-12(7)5-6/h1-3,6H,4-5H2. The minimum Gasteiger partial charge on any atom is -0.351 e. The van der Waals surface area contributed by atoms with Gasteiger partial charge in [-0.2, -0.15) is 13.2 Å². The van der Waals surface area contributed by atoms with Crippen molar-refractivity contribution in [3.05, 3.63) is 24.0 Å². The number of halogens is 3. The van der Waals surface area contributed by atoms with Crippen molar-refractivity contribution in [1.82, 2.24) is 4.57 Å². The van der Waals surface area contributed by atoms with Gasteiger partial charge in [0.05, 0.1) is 5.92 Å². The fourth-order valence-corrected chi connectivity index (χ4v) is 1.59. The van der Waals surface area contributed by atoms with Gasteiger partial charge in [0, 0.05) is 24.9 Å². The Labute approximate surface area is 67.8 Å². The van der Waals surface area contributed by atoms with E-state index in [0.29, 0.717) is 0 Å². The maximum atomic E-state index is 12.2. The highest BCUT2D eigenvalue weighted by Crippen LogP contribution is 2.34. The number of hydrogen-bond donors (Lipinski definition) is 0. The van der Waals surface area contributed by atoms with Crippen molar-refractivity contribution in [3.8, 4) is 0 Å². The number of nitrogens with zero attached hydrogens (tertiary/aromatic N) is 1. The molecule has 0 N–H and O–H groups in total. The second kappa shape index (κ2) is 2.28. The molecule has 0 aliphatic carbocycles. The predicted molar refractivity (Wildman–Crippen MR) is 37.7 cm³/mol. The molecule has 2 rings (SSSR count). The van der Waals surface area contributed by atoms with Gasteiger partial charge in [-0.1, -0.05) is 0 Å². The molecular weight excluding hydrogens is 167 g/mol. The van der Waals surface area contributed by atoms with E-state index < -0.39 is 12.1 Å². The zero-order valence-electron chi connectivity index (χ0n) is 6.30. The molecule has 66 valence electrons. The Bertz CT molecular complexity index is 266. The minimum absolute atomic E-state index is 0.0891. The molecule has 1 aliphatic heterocycles. The van der Waals surface area contributed by atoms with Crippen molar-refractivity contribution in [2.24, 2.45) is 5.92 Å². The van der Waals surface area contributed by atoms with Crippen LogP contribution in [0, 0.1) is 5.92 Å². The summed E-state index contributed by atoms with van der Waals surface area (Å²) >= 11 is 0. The first-order valence-electron chi connectivity index (χ1n) is 3.78. The first-order chi connectivity index (χ1) is 5.57. The van der Waals surface area contributed by atoms with Crippen LogP contribution < -0.4 is 0 Å². The molecule has 4 heteroatoms. The lowest BCUT2D eigenvalue weighted by atomic mass is 10.1. The van der Waals surface area contributed by atoms with E-state index in [1.54, 1.807) is 22.9 Å². The third kappa shape index (κ3) is 1.11. The summed E-state index contributed by atoms with van der Waals surface area (Å²) in [5.41, 5.74) is 0.789. The first-order valence-corrected chi connectivity index (χ1v) is 3.78. The Morgan fingerprint density at radius 2 is 2.17 bits per heavy atom. The lowest BCUT2D eigenvalue weighted by Crippen LogP contribution is -2.23. The predicted octanol–water partition coefficient (Wildman–Crippen LogP) is 2.22. The van der Waals surface area contributed by atoms with Crippen molar-refractivity contribution < 1.29 is 13.2 Å². The Balaban J connectivity index is 2.18. The maximum Gasteiger partial charge on any atom is 0.393 e. The van der Waals surface area contributed by atoms with Crippen LogP contribution in [0.5, 0.6) is 0 Å². The van der Waals surface area contributed by atoms with Crippen molar-refractivity contribution >= 4 is 0 Å². The van der Waals surface area contributed by atoms with E-state index in [4.69, 9.17) is 0 Å². The number of rotatable bonds is 0. The zero-order valence-corrected chi connectivity index (χ0v) is 6.30. The van der Waals surface area contributed by atoms with Gasteiger partial charge in [-0.15, -0.1) is 0 Å². The summed E-state index contributed by atoms with van der Waals surface area (Å²) in [5.74, 6) is -1.17. The summed E-state index contributed by atoms with van der Waals surface area (Å²) in [6, 6.07) is 3.52. The topological polar surface area (TPSA) is 4.93 Å². The molecule has 0 bridgehead atoms. The summed E-state index contributed by atoms with van der Waals surface area (Å²) < 4.78 is 38.2. The molecule has 1 aromatic heterocycles. The molecule has 0 aromatic carbocycles. The average molecular weight is 175 g/mol. The highest BCUT2D eigenvalue weighted by Gasteiger charge is 2.42. The Morgan fingerprint density at radius 1 is 1.42 bits per heavy atom. The van der Waals surface area contributed by atoms with Gasteiger partial charge in [-0.25, -0.2) is 0 Å². The Hall–Kier alpha value is -0.930. The third-order valence-corrected chi connectivity index (χ3v) is 2.26. The van der Waals surface area contributed by atoms with E-state index in [1.165, 1.54) is 0 Å². The normalized spacial score (nSPS) is 22.8. The van der Waals surface area contributed by atoms with Gasteiger partial charge < -0.3 is 4.57 Å². The van der Waals surface area contributed by atoms with Crippen molar-refractivity contribution in [3.63, 3.8) is 0 Å². The summed E-state index contributed by atoms with van der Waals surface area (Å²) in [5, 5.41) is 0. The van der Waals surface area contributed by atoms with Gasteiger partial charge in [-0.05, 0) is 12.1 Å². The molecule has 0 amide bonds. The minimum atomic E-state index is -4.04. The van der Waals surface area contributed by atoms with Crippen LogP contribution in [0.2, 0.25) is 0 Å². The van der Waals surface area contributed by atoms with Crippen LogP contribution in [0.1, 0.15) is 5.69 Å². The summed E-state index contributed by atoms with van der Waals surface area (Å²) in [6.07, 6.45) is -2.21. The molecule has 1 unspecified atom stereocenters. The van der Waals surface area contributed by atoms with Crippen LogP contribution in [0.25, 0.3) is 0 Å². The molecular formula is C8H8F3N. The van der Waals surface area contributed by atoms with Gasteiger partial charge in [0.1, 0.15) is 0 Å². The van der Waals surface area contributed by atoms with Gasteiger partial charge in [0.2, 0.25) is 0 Å². The molecule has 0 fully saturated rings. The van der Waals surface area contributed by atoms with E-state index in [2.05, 4.69) is 0 Å². The molecule has 1 aliphatic rings. The number of fused-ring (bicyclic) bond motifs is 1. The summed E-state index contributed by atoms with van der Waals surface area (Å²) in [4.78, 5) is 0. The molecule has 1 atom stereocenters. The third-order valence-electron chi connectivity index (χ3n) is 2.26. The lowest BCUT2D eigenvalue weighted by molar-refractivity contribution is -0.173. The SMILES string of the molecule is FC(F)(F)C1Cc2cccn2C1. The first kappa shape index (κ1) is 7.71. The molecule has 0 saturated heterocycles. The van der Waals surface area contributed by atoms with E-state index in [0.717, 1.165) is 5.69 Å². The highest BCUT2D eigenvalue weighted by atomic mass is 19.4. The van der Waals surface area contributed by atoms with Crippen LogP contribution in [-0.4, -0.2) is 10.7 Å². The van der Waals surface area contributed by atoms with Crippen LogP contribution in [0.15, 0.2) is 18.3 Å². The van der Waals surface area contributed by atoms with Crippen LogP contribution in [-0.2, 0) is 13.0 Å². The van der Waals surface area contributed by atoms with E-state index in [1.807, 2.05) is 0 Å². The Morgan fingerprint density at radius 3 is 2.75 bits per heavy atom. The van der Waals surface area contributed by atoms with Gasteiger partial charge in [0.15, 0.2) is 0 Å². The second-order valence-corrected chi connectivity index (χ2v) is 3.09. The van der Waals surface area contributed by atoms with Gasteiger partial charge >= 0.3 is 6.18 Å². The van der Waals surface area contributed by atoms with Crippen LogP contribution >= 0.6 is 0 Å². The smallest absolute Gasteiger partial charge is 0.351 e. The lowest BCUT2D eigenvalue weighted by Gasteiger charge is -2.12. The van der Waals surface area contributed by atoms with Crippen molar-refractivity contribution in [1.29, 1.82) is 0 Å². The largest absolute Gasteiger partial charge is 0.393 e. The molecule has 0 spiro atoms. The zero-order chi connectivity index (χ0) is 8.77. The number of aromatic nitrogens is 1. The molecule has 0 saturated carbocycles. The molecule has 1 aromatic rings. The Kier molecular flexibility index (Phi) is 1.46. The summed E-state index contributed by atoms with van der Waals surface area (Å²) in [7, 11) is 0. The van der Waals surface area contributed by atoms with E-state index in [-0.39, 0.29) is 13.0 Å². The number of hydrogen-bond acceptors (Lipinski definition) is 0. The van der Waals surface area contributed by atoms with Gasteiger partial charge in [0.25, 0.3) is 0 Å². The second-order valence-electron chi connectivity index (χ2n) is 3.09. The highest BCUT2D eigenvalue weighted by molar-refractivity contribution is 5.12. The fraction of sp³-hybridized carbons (Fsp3) is 0.500. The molecule has 12 heavy (non-hydrogen) atoms. The van der Waals surface area contributed by atoms with E-state index >= 15 is 0 Å². The summed E-state index contributed by atoms with van der Waals surface area (Å²) in [6.45, 7) is 0.0891. The molecule has 2 heterocycles. The molecule has 0 radical (unpaired) electrons. The monoisotopic (exact) mass is 175 g/mol. The fourth-order valence-electron chi connectivity index (χ4n) is 1.59. The van der Waals surface area contributed by atoms with E-state index in [9.17, 15) is 13.2 Å². The van der Waals surface area contributed by atoms with Crippen LogP contribution in [0.4, 0.5) is 13.2 Å². The quantitative estimate of drug-likeness (QED) is 0.569. The molecule has 1 nitrogen and oxygen atoms in total. The number of alkyl halides is 3. The van der Waals surface area contributed by atoms with Crippen molar-refractivity contribution in [2.75, 3.05) is 0 Å². The van der Waals surface area contributed by atoms with Crippen LogP contribution in [0.3, 0.4) is 0 Å². The van der Waals surface area contributed by atoms with Gasteiger partial charge in [-0.3, -0.25) is 0 Å². The van der Waals surface area contributed by atoms with Crippen molar-refractivity contribution in [2.45, 2.75) is 19.1 Å². The average Bonchev–Trinajstić information content (AvgIpc) is 2.37.